The van der Waals surface area contributed by atoms with Crippen molar-refractivity contribution in [1.82, 2.24) is 0 Å². The lowest BCUT2D eigenvalue weighted by molar-refractivity contribution is -0.155. The maximum atomic E-state index is 11.9. The molecule has 0 bridgehead atoms. The number of fused-ring (bicyclic) bond motifs is 1. The normalized spacial score (nSPS) is 37.2. The van der Waals surface area contributed by atoms with E-state index < -0.39 is 16.2 Å². The molecule has 3 atom stereocenters. The summed E-state index contributed by atoms with van der Waals surface area (Å²) in [6.45, 7) is 5.92. The molecule has 0 aromatic rings. The van der Waals surface area contributed by atoms with E-state index in [-0.39, 0.29) is 21.7 Å². The first-order chi connectivity index (χ1) is 7.73. The summed E-state index contributed by atoms with van der Waals surface area (Å²) in [6.07, 6.45) is 0. The minimum atomic E-state index is -1.34. The molecule has 17 heavy (non-hydrogen) atoms. The number of thioether (sulfide) groups is 1. The Morgan fingerprint density at radius 2 is 2.06 bits per heavy atom. The Morgan fingerprint density at radius 3 is 2.59 bits per heavy atom. The zero-order chi connectivity index (χ0) is 13.0. The van der Waals surface area contributed by atoms with Crippen LogP contribution in [0.5, 0.6) is 0 Å². The van der Waals surface area contributed by atoms with Gasteiger partial charge in [-0.25, -0.2) is 0 Å². The van der Waals surface area contributed by atoms with Crippen LogP contribution in [0.2, 0.25) is 0 Å². The van der Waals surface area contributed by atoms with Crippen molar-refractivity contribution in [2.24, 2.45) is 11.8 Å². The second kappa shape index (κ2) is 4.04. The number of hydrogen-bond donors (Lipinski definition) is 0. The molecule has 2 aliphatic rings. The second-order valence-electron chi connectivity index (χ2n) is 4.88. The molecule has 1 saturated heterocycles. The van der Waals surface area contributed by atoms with E-state index in [1.807, 2.05) is 13.8 Å². The van der Waals surface area contributed by atoms with Crippen molar-refractivity contribution in [2.75, 3.05) is 6.61 Å². The molecule has 1 aliphatic heterocycles. The van der Waals surface area contributed by atoms with Gasteiger partial charge in [-0.05, 0) is 20.8 Å². The first kappa shape index (κ1) is 13.5. The van der Waals surface area contributed by atoms with E-state index in [4.69, 9.17) is 27.9 Å². The van der Waals surface area contributed by atoms with Crippen molar-refractivity contribution in [3.05, 3.63) is 0 Å². The molecule has 1 heterocycles. The average molecular weight is 297 g/mol. The van der Waals surface area contributed by atoms with Gasteiger partial charge in [-0.1, -0.05) is 23.2 Å². The van der Waals surface area contributed by atoms with E-state index in [2.05, 4.69) is 0 Å². The third-order valence-electron chi connectivity index (χ3n) is 3.39. The van der Waals surface area contributed by atoms with Gasteiger partial charge in [0, 0.05) is 4.75 Å². The fourth-order valence-electron chi connectivity index (χ4n) is 2.60. The molecule has 0 aromatic heterocycles. The summed E-state index contributed by atoms with van der Waals surface area (Å²) in [5, 5.41) is -0.206. The predicted molar refractivity (Wildman–Crippen MR) is 68.5 cm³/mol. The zero-order valence-electron chi connectivity index (χ0n) is 9.83. The average Bonchev–Trinajstić information content (AvgIpc) is 2.48. The Hall–Kier alpha value is 0.0700. The van der Waals surface area contributed by atoms with Gasteiger partial charge >= 0.3 is 5.97 Å². The number of rotatable bonds is 2. The van der Waals surface area contributed by atoms with Gasteiger partial charge in [0.25, 0.3) is 0 Å². The van der Waals surface area contributed by atoms with Crippen LogP contribution in [0, 0.1) is 11.8 Å². The van der Waals surface area contributed by atoms with Crippen molar-refractivity contribution in [1.29, 1.82) is 0 Å². The number of esters is 1. The summed E-state index contributed by atoms with van der Waals surface area (Å²) >= 11 is 13.5. The predicted octanol–water partition coefficient (Wildman–Crippen LogP) is 2.43. The van der Waals surface area contributed by atoms with Crippen molar-refractivity contribution < 1.29 is 14.3 Å². The molecule has 1 aliphatic carbocycles. The molecule has 0 radical (unpaired) electrons. The molecule has 0 amide bonds. The van der Waals surface area contributed by atoms with E-state index in [0.29, 0.717) is 6.61 Å². The Bertz CT molecular complexity index is 381. The van der Waals surface area contributed by atoms with Crippen molar-refractivity contribution in [2.45, 2.75) is 35.1 Å². The lowest BCUT2D eigenvalue weighted by Gasteiger charge is -2.41. The highest BCUT2D eigenvalue weighted by atomic mass is 35.5. The summed E-state index contributed by atoms with van der Waals surface area (Å²) in [4.78, 5) is 23.8. The fourth-order valence-corrected chi connectivity index (χ4v) is 5.12. The molecule has 0 N–H and O–H groups in total. The number of alkyl halides is 2. The first-order valence-electron chi connectivity index (χ1n) is 5.50. The van der Waals surface area contributed by atoms with E-state index in [9.17, 15) is 9.59 Å². The summed E-state index contributed by atoms with van der Waals surface area (Å²) < 4.78 is 3.33. The molecule has 3 nitrogen and oxygen atoms in total. The van der Waals surface area contributed by atoms with Crippen LogP contribution in [-0.4, -0.2) is 32.7 Å². The fraction of sp³-hybridized carbons (Fsp3) is 0.818. The molecular formula is C11H14Cl2O3S. The number of halogens is 2. The van der Waals surface area contributed by atoms with Crippen molar-refractivity contribution in [3.63, 3.8) is 0 Å². The van der Waals surface area contributed by atoms with Gasteiger partial charge in [0.15, 0.2) is 10.1 Å². The Labute approximate surface area is 115 Å². The van der Waals surface area contributed by atoms with Crippen molar-refractivity contribution >= 4 is 46.7 Å². The monoisotopic (exact) mass is 296 g/mol. The van der Waals surface area contributed by atoms with Crippen LogP contribution in [0.4, 0.5) is 0 Å². The Morgan fingerprint density at radius 1 is 1.47 bits per heavy atom. The number of hydrogen-bond acceptors (Lipinski definition) is 4. The second-order valence-corrected chi connectivity index (χ2v) is 8.07. The van der Waals surface area contributed by atoms with Gasteiger partial charge in [-0.3, -0.25) is 9.59 Å². The van der Waals surface area contributed by atoms with Crippen LogP contribution in [0.3, 0.4) is 0 Å². The molecule has 1 saturated carbocycles. The van der Waals surface area contributed by atoms with Crippen LogP contribution in [0.25, 0.3) is 0 Å². The van der Waals surface area contributed by atoms with Gasteiger partial charge in [-0.2, -0.15) is 0 Å². The smallest absolute Gasteiger partial charge is 0.311 e. The molecule has 6 heteroatoms. The largest absolute Gasteiger partial charge is 0.466 e. The third-order valence-corrected chi connectivity index (χ3v) is 6.26. The summed E-state index contributed by atoms with van der Waals surface area (Å²) in [7, 11) is 0. The number of ketones is 1. The van der Waals surface area contributed by atoms with Gasteiger partial charge in [0.1, 0.15) is 0 Å². The highest BCUT2D eigenvalue weighted by molar-refractivity contribution is 8.02. The van der Waals surface area contributed by atoms with Crippen LogP contribution in [-0.2, 0) is 14.3 Å². The van der Waals surface area contributed by atoms with Crippen molar-refractivity contribution in [3.8, 4) is 0 Å². The lowest BCUT2D eigenvalue weighted by Crippen LogP contribution is -2.60. The van der Waals surface area contributed by atoms with E-state index in [1.165, 1.54) is 11.8 Å². The molecule has 2 rings (SSSR count). The summed E-state index contributed by atoms with van der Waals surface area (Å²) in [5.41, 5.74) is 0. The number of Topliss-reactive ketones (excluding diaryl/α,β-unsaturated/α-hetero) is 1. The molecular weight excluding hydrogens is 283 g/mol. The molecule has 1 unspecified atom stereocenters. The van der Waals surface area contributed by atoms with E-state index in [0.717, 1.165) is 0 Å². The van der Waals surface area contributed by atoms with Crippen LogP contribution in [0.1, 0.15) is 20.8 Å². The number of ether oxygens (including phenoxy) is 1. The molecule has 2 fully saturated rings. The summed E-state index contributed by atoms with van der Waals surface area (Å²) in [5.74, 6) is -1.42. The van der Waals surface area contributed by atoms with Gasteiger partial charge in [0.2, 0.25) is 0 Å². The number of carbonyl (C=O) groups excluding carboxylic acids is 2. The Kier molecular flexibility index (Phi) is 3.21. The van der Waals surface area contributed by atoms with Gasteiger partial charge < -0.3 is 4.74 Å². The minimum Gasteiger partial charge on any atom is -0.466 e. The minimum absolute atomic E-state index is 0.206. The molecule has 0 spiro atoms. The van der Waals surface area contributed by atoms with Crippen LogP contribution < -0.4 is 0 Å². The van der Waals surface area contributed by atoms with E-state index in [1.54, 1.807) is 6.92 Å². The standard InChI is InChI=1S/C11H14Cl2O3S/c1-4-16-9(15)6-5-7(14)11(12,13)8(5)17-10(6,2)3/h5-6,8H,4H2,1-3H3/t5-,6?,8-/m0/s1. The summed E-state index contributed by atoms with van der Waals surface area (Å²) in [6, 6.07) is 0. The quantitative estimate of drug-likeness (QED) is 0.580. The first-order valence-corrected chi connectivity index (χ1v) is 7.13. The SMILES string of the molecule is CCOC(=O)C1[C@H]2C(=O)C(Cl)(Cl)[C@H]2SC1(C)C. The Balaban J connectivity index is 2.28. The van der Waals surface area contributed by atoms with Crippen LogP contribution in [0.15, 0.2) is 0 Å². The number of carbonyl (C=O) groups is 2. The lowest BCUT2D eigenvalue weighted by atomic mass is 9.69. The highest BCUT2D eigenvalue weighted by Crippen LogP contribution is 2.64. The maximum Gasteiger partial charge on any atom is 0.311 e. The molecule has 96 valence electrons. The molecule has 0 aromatic carbocycles. The van der Waals surface area contributed by atoms with Gasteiger partial charge in [0.05, 0.1) is 23.7 Å². The third kappa shape index (κ3) is 1.80. The van der Waals surface area contributed by atoms with E-state index >= 15 is 0 Å². The van der Waals surface area contributed by atoms with Crippen LogP contribution >= 0.6 is 35.0 Å². The topological polar surface area (TPSA) is 43.4 Å². The highest BCUT2D eigenvalue weighted by Gasteiger charge is 2.72. The van der Waals surface area contributed by atoms with Gasteiger partial charge in [-0.15, -0.1) is 11.8 Å². The maximum absolute atomic E-state index is 11.9. The zero-order valence-corrected chi connectivity index (χ0v) is 12.2.